The van der Waals surface area contributed by atoms with Gasteiger partial charge >= 0.3 is 0 Å². The number of fused-ring (bicyclic) bond motifs is 1. The van der Waals surface area contributed by atoms with E-state index in [1.165, 1.54) is 5.56 Å². The molecule has 1 saturated heterocycles. The van der Waals surface area contributed by atoms with E-state index in [0.717, 1.165) is 16.7 Å². The van der Waals surface area contributed by atoms with E-state index in [4.69, 9.17) is 4.74 Å². The van der Waals surface area contributed by atoms with Gasteiger partial charge in [0.05, 0.1) is 23.7 Å². The molecule has 0 saturated carbocycles. The molecule has 2 aromatic carbocycles. The minimum atomic E-state index is 0.0437. The summed E-state index contributed by atoms with van der Waals surface area (Å²) in [6.45, 7) is 5.93. The van der Waals surface area contributed by atoms with Crippen molar-refractivity contribution in [1.82, 2.24) is 14.5 Å². The number of carbonyl (C=O) groups excluding carboxylic acids is 1. The second-order valence-corrected chi connectivity index (χ2v) is 6.59. The van der Waals surface area contributed by atoms with E-state index in [2.05, 4.69) is 30.1 Å². The first kappa shape index (κ1) is 15.8. The molecular weight excluding hydrogens is 314 g/mol. The molecule has 5 heteroatoms. The summed E-state index contributed by atoms with van der Waals surface area (Å²) in [6.07, 6.45) is 1.90. The number of hydrogen-bond acceptors (Lipinski definition) is 3. The third kappa shape index (κ3) is 3.03. The number of benzene rings is 2. The Morgan fingerprint density at radius 1 is 1.24 bits per heavy atom. The second-order valence-electron chi connectivity index (χ2n) is 6.59. The number of aromatic nitrogens is 2. The molecule has 0 unspecified atom stereocenters. The lowest BCUT2D eigenvalue weighted by molar-refractivity contribution is -0.0124. The summed E-state index contributed by atoms with van der Waals surface area (Å²) >= 11 is 0. The Kier molecular flexibility index (Phi) is 4.01. The molecule has 1 atom stereocenters. The zero-order valence-electron chi connectivity index (χ0n) is 14.5. The van der Waals surface area contributed by atoms with E-state index in [-0.39, 0.29) is 12.0 Å². The van der Waals surface area contributed by atoms with Crippen LogP contribution in [0.1, 0.15) is 22.8 Å². The van der Waals surface area contributed by atoms with E-state index >= 15 is 0 Å². The maximum atomic E-state index is 12.7. The summed E-state index contributed by atoms with van der Waals surface area (Å²) < 4.78 is 7.57. The van der Waals surface area contributed by atoms with Gasteiger partial charge in [-0.1, -0.05) is 12.1 Å². The number of nitrogens with zero attached hydrogens (tertiary/aromatic N) is 3. The van der Waals surface area contributed by atoms with Crippen LogP contribution in [0.2, 0.25) is 0 Å². The number of amides is 1. The molecule has 1 fully saturated rings. The van der Waals surface area contributed by atoms with Crippen molar-refractivity contribution in [3.8, 4) is 5.69 Å². The number of hydrogen-bond donors (Lipinski definition) is 0. The molecule has 0 aliphatic carbocycles. The predicted molar refractivity (Wildman–Crippen MR) is 97.1 cm³/mol. The first-order valence-corrected chi connectivity index (χ1v) is 8.57. The Morgan fingerprint density at radius 3 is 2.92 bits per heavy atom. The fourth-order valence-corrected chi connectivity index (χ4v) is 3.31. The molecule has 0 bridgehead atoms. The topological polar surface area (TPSA) is 47.4 Å². The molecule has 0 N–H and O–H groups in total. The number of rotatable bonds is 2. The summed E-state index contributed by atoms with van der Waals surface area (Å²) in [5.74, 6) is 0.0437. The van der Waals surface area contributed by atoms with Crippen molar-refractivity contribution >= 4 is 16.9 Å². The quantitative estimate of drug-likeness (QED) is 0.722. The molecule has 4 rings (SSSR count). The van der Waals surface area contributed by atoms with Crippen LogP contribution < -0.4 is 0 Å². The monoisotopic (exact) mass is 335 g/mol. The maximum Gasteiger partial charge on any atom is 0.254 e. The van der Waals surface area contributed by atoms with E-state index < -0.39 is 0 Å². The van der Waals surface area contributed by atoms with Gasteiger partial charge in [-0.3, -0.25) is 9.36 Å². The van der Waals surface area contributed by atoms with Crippen LogP contribution >= 0.6 is 0 Å². The van der Waals surface area contributed by atoms with Crippen LogP contribution in [-0.4, -0.2) is 46.2 Å². The normalized spacial score (nSPS) is 17.8. The lowest BCUT2D eigenvalue weighted by Gasteiger charge is -2.31. The fraction of sp³-hybridized carbons (Fsp3) is 0.300. The Hall–Kier alpha value is -2.66. The van der Waals surface area contributed by atoms with Gasteiger partial charge in [-0.2, -0.15) is 0 Å². The summed E-state index contributed by atoms with van der Waals surface area (Å²) in [7, 11) is 0. The molecule has 1 aliphatic rings. The third-order valence-electron chi connectivity index (χ3n) is 4.60. The maximum absolute atomic E-state index is 12.7. The molecule has 0 radical (unpaired) electrons. The lowest BCUT2D eigenvalue weighted by atomic mass is 10.1. The smallest absolute Gasteiger partial charge is 0.254 e. The molecule has 2 heterocycles. The van der Waals surface area contributed by atoms with Crippen molar-refractivity contribution in [2.75, 3.05) is 19.7 Å². The van der Waals surface area contributed by atoms with Crippen molar-refractivity contribution < 1.29 is 9.53 Å². The van der Waals surface area contributed by atoms with Crippen LogP contribution in [0.25, 0.3) is 16.7 Å². The van der Waals surface area contributed by atoms with Gasteiger partial charge in [0.25, 0.3) is 5.91 Å². The van der Waals surface area contributed by atoms with E-state index in [1.807, 2.05) is 47.0 Å². The van der Waals surface area contributed by atoms with E-state index in [0.29, 0.717) is 25.3 Å². The Morgan fingerprint density at radius 2 is 2.12 bits per heavy atom. The first-order valence-electron chi connectivity index (χ1n) is 8.57. The van der Waals surface area contributed by atoms with Gasteiger partial charge in [0, 0.05) is 24.3 Å². The Balaban J connectivity index is 1.67. The van der Waals surface area contributed by atoms with Gasteiger partial charge in [0.1, 0.15) is 6.33 Å². The summed E-state index contributed by atoms with van der Waals surface area (Å²) in [4.78, 5) is 19.1. The van der Waals surface area contributed by atoms with Crippen molar-refractivity contribution in [3.63, 3.8) is 0 Å². The highest BCUT2D eigenvalue weighted by Gasteiger charge is 2.23. The third-order valence-corrected chi connectivity index (χ3v) is 4.60. The summed E-state index contributed by atoms with van der Waals surface area (Å²) in [6, 6.07) is 14.0. The van der Waals surface area contributed by atoms with Crippen molar-refractivity contribution in [2.45, 2.75) is 20.0 Å². The highest BCUT2D eigenvalue weighted by Crippen LogP contribution is 2.21. The SMILES string of the molecule is Cc1cccc(-n2cnc3cc(C(=O)N4CCO[C@H](C)C4)ccc32)c1. The van der Waals surface area contributed by atoms with Gasteiger partial charge in [-0.15, -0.1) is 0 Å². The van der Waals surface area contributed by atoms with Crippen molar-refractivity contribution in [2.24, 2.45) is 0 Å². The van der Waals surface area contributed by atoms with Crippen LogP contribution in [0.15, 0.2) is 48.8 Å². The highest BCUT2D eigenvalue weighted by atomic mass is 16.5. The number of imidazole rings is 1. The molecule has 1 aromatic heterocycles. The molecule has 3 aromatic rings. The number of morpholine rings is 1. The van der Waals surface area contributed by atoms with Gasteiger partial charge in [-0.25, -0.2) is 4.98 Å². The standard InChI is InChI=1S/C20H21N3O2/c1-14-4-3-5-17(10-14)23-13-21-18-11-16(6-7-19(18)23)20(24)22-8-9-25-15(2)12-22/h3-7,10-11,13,15H,8-9,12H2,1-2H3/t15-/m1/s1. The zero-order valence-corrected chi connectivity index (χ0v) is 14.5. The summed E-state index contributed by atoms with van der Waals surface area (Å²) in [5.41, 5.74) is 4.78. The molecule has 5 nitrogen and oxygen atoms in total. The van der Waals surface area contributed by atoms with E-state index in [9.17, 15) is 4.79 Å². The average Bonchev–Trinajstić information content (AvgIpc) is 3.04. The molecule has 1 amide bonds. The second kappa shape index (κ2) is 6.33. The molecule has 25 heavy (non-hydrogen) atoms. The van der Waals surface area contributed by atoms with Gasteiger partial charge in [-0.05, 0) is 49.7 Å². The molecule has 0 spiro atoms. The Bertz CT molecular complexity index is 932. The van der Waals surface area contributed by atoms with Crippen LogP contribution in [0.3, 0.4) is 0 Å². The number of ether oxygens (including phenoxy) is 1. The van der Waals surface area contributed by atoms with Crippen LogP contribution in [0.5, 0.6) is 0 Å². The lowest BCUT2D eigenvalue weighted by Crippen LogP contribution is -2.44. The van der Waals surface area contributed by atoms with Gasteiger partial charge in [0.15, 0.2) is 0 Å². The van der Waals surface area contributed by atoms with Crippen molar-refractivity contribution in [1.29, 1.82) is 0 Å². The number of aryl methyl sites for hydroxylation is 1. The minimum Gasteiger partial charge on any atom is -0.375 e. The first-order chi connectivity index (χ1) is 12.1. The van der Waals surface area contributed by atoms with Gasteiger partial charge < -0.3 is 9.64 Å². The largest absolute Gasteiger partial charge is 0.375 e. The minimum absolute atomic E-state index is 0.0437. The molecule has 128 valence electrons. The van der Waals surface area contributed by atoms with Crippen LogP contribution in [0, 0.1) is 6.92 Å². The number of carbonyl (C=O) groups is 1. The highest BCUT2D eigenvalue weighted by molar-refractivity contribution is 5.97. The average molecular weight is 335 g/mol. The summed E-state index contributed by atoms with van der Waals surface area (Å²) in [5, 5.41) is 0. The van der Waals surface area contributed by atoms with Crippen LogP contribution in [0.4, 0.5) is 0 Å². The molecule has 1 aliphatic heterocycles. The molecular formula is C20H21N3O2. The van der Waals surface area contributed by atoms with Crippen molar-refractivity contribution in [3.05, 3.63) is 59.9 Å². The fourth-order valence-electron chi connectivity index (χ4n) is 3.31. The predicted octanol–water partition coefficient (Wildman–Crippen LogP) is 3.19. The van der Waals surface area contributed by atoms with Crippen LogP contribution in [-0.2, 0) is 4.74 Å². The van der Waals surface area contributed by atoms with E-state index in [1.54, 1.807) is 0 Å². The Labute approximate surface area is 146 Å². The van der Waals surface area contributed by atoms with Gasteiger partial charge in [0.2, 0.25) is 0 Å². The zero-order chi connectivity index (χ0) is 17.4.